The van der Waals surface area contributed by atoms with Gasteiger partial charge in [-0.1, -0.05) is 15.9 Å². The van der Waals surface area contributed by atoms with E-state index in [-0.39, 0.29) is 5.91 Å². The van der Waals surface area contributed by atoms with Crippen LogP contribution in [0.15, 0.2) is 45.6 Å². The minimum atomic E-state index is 0.124. The van der Waals surface area contributed by atoms with Gasteiger partial charge in [0, 0.05) is 11.8 Å². The summed E-state index contributed by atoms with van der Waals surface area (Å²) in [6, 6.07) is 7.41. The van der Waals surface area contributed by atoms with E-state index in [9.17, 15) is 4.79 Å². The van der Waals surface area contributed by atoms with E-state index in [2.05, 4.69) is 15.9 Å². The van der Waals surface area contributed by atoms with Crippen molar-refractivity contribution in [1.29, 1.82) is 0 Å². The van der Waals surface area contributed by atoms with Crippen LogP contribution in [0, 0.1) is 0 Å². The SMILES string of the molecule is O=C(CCCCBr)N(Cc1ccco1)Cc1ccco1. The van der Waals surface area contributed by atoms with E-state index < -0.39 is 0 Å². The van der Waals surface area contributed by atoms with Gasteiger partial charge in [-0.3, -0.25) is 4.79 Å². The highest BCUT2D eigenvalue weighted by Gasteiger charge is 2.16. The van der Waals surface area contributed by atoms with Gasteiger partial charge < -0.3 is 13.7 Å². The van der Waals surface area contributed by atoms with Crippen molar-refractivity contribution in [2.24, 2.45) is 0 Å². The molecule has 108 valence electrons. The Bertz CT molecular complexity index is 457. The Kier molecular flexibility index (Phi) is 5.92. The van der Waals surface area contributed by atoms with Crippen LogP contribution >= 0.6 is 15.9 Å². The summed E-state index contributed by atoms with van der Waals surface area (Å²) in [6.07, 6.45) is 5.68. The van der Waals surface area contributed by atoms with Crippen molar-refractivity contribution in [2.45, 2.75) is 32.4 Å². The first kappa shape index (κ1) is 14.9. The molecule has 5 heteroatoms. The lowest BCUT2D eigenvalue weighted by molar-refractivity contribution is -0.133. The van der Waals surface area contributed by atoms with Gasteiger partial charge in [0.1, 0.15) is 11.5 Å². The van der Waals surface area contributed by atoms with Gasteiger partial charge in [-0.25, -0.2) is 0 Å². The first-order chi connectivity index (χ1) is 9.79. The Morgan fingerprint density at radius 2 is 1.65 bits per heavy atom. The van der Waals surface area contributed by atoms with Gasteiger partial charge >= 0.3 is 0 Å². The molecule has 0 aliphatic rings. The normalized spacial score (nSPS) is 10.7. The number of rotatable bonds is 8. The zero-order chi connectivity index (χ0) is 14.2. The molecule has 0 unspecified atom stereocenters. The van der Waals surface area contributed by atoms with Crippen LogP contribution in [0.25, 0.3) is 0 Å². The van der Waals surface area contributed by atoms with Gasteiger partial charge in [0.25, 0.3) is 0 Å². The number of hydrogen-bond acceptors (Lipinski definition) is 3. The number of hydrogen-bond donors (Lipinski definition) is 0. The molecule has 0 atom stereocenters. The van der Waals surface area contributed by atoms with Crippen molar-refractivity contribution in [3.63, 3.8) is 0 Å². The van der Waals surface area contributed by atoms with E-state index >= 15 is 0 Å². The average molecular weight is 340 g/mol. The van der Waals surface area contributed by atoms with Crippen molar-refractivity contribution in [2.75, 3.05) is 5.33 Å². The summed E-state index contributed by atoms with van der Waals surface area (Å²) in [5.74, 6) is 1.69. The predicted octanol–water partition coefficient (Wildman–Crippen LogP) is 3.97. The standard InChI is InChI=1S/C15H18BrNO3/c16-8-2-1-7-15(18)17(11-13-5-3-9-19-13)12-14-6-4-10-20-14/h3-6,9-10H,1-2,7-8,11-12H2. The second-order valence-corrected chi connectivity index (χ2v) is 5.35. The third-order valence-corrected chi connectivity index (χ3v) is 3.54. The van der Waals surface area contributed by atoms with Crippen LogP contribution in [0.1, 0.15) is 30.8 Å². The Balaban J connectivity index is 1.97. The van der Waals surface area contributed by atoms with E-state index in [0.29, 0.717) is 19.5 Å². The quantitative estimate of drug-likeness (QED) is 0.540. The van der Waals surface area contributed by atoms with Gasteiger partial charge in [-0.05, 0) is 37.1 Å². The number of halogens is 1. The van der Waals surface area contributed by atoms with Crippen molar-refractivity contribution in [1.82, 2.24) is 4.90 Å². The highest BCUT2D eigenvalue weighted by atomic mass is 79.9. The summed E-state index contributed by atoms with van der Waals surface area (Å²) in [6.45, 7) is 0.946. The summed E-state index contributed by atoms with van der Waals surface area (Å²) < 4.78 is 10.7. The lowest BCUT2D eigenvalue weighted by Crippen LogP contribution is -2.29. The second-order valence-electron chi connectivity index (χ2n) is 4.55. The van der Waals surface area contributed by atoms with E-state index in [1.54, 1.807) is 17.4 Å². The zero-order valence-corrected chi connectivity index (χ0v) is 12.8. The van der Waals surface area contributed by atoms with Crippen LogP contribution in [0.2, 0.25) is 0 Å². The number of amides is 1. The number of nitrogens with zero attached hydrogens (tertiary/aromatic N) is 1. The molecule has 0 saturated heterocycles. The lowest BCUT2D eigenvalue weighted by atomic mass is 10.2. The zero-order valence-electron chi connectivity index (χ0n) is 11.3. The first-order valence-corrected chi connectivity index (χ1v) is 7.80. The number of unbranched alkanes of at least 4 members (excludes halogenated alkanes) is 1. The lowest BCUT2D eigenvalue weighted by Gasteiger charge is -2.20. The minimum Gasteiger partial charge on any atom is -0.467 e. The molecular formula is C15H18BrNO3. The summed E-state index contributed by atoms with van der Waals surface area (Å²) in [4.78, 5) is 14.1. The molecule has 0 aliphatic heterocycles. The predicted molar refractivity (Wildman–Crippen MR) is 79.3 cm³/mol. The third kappa shape index (κ3) is 4.56. The molecule has 0 aromatic carbocycles. The fraction of sp³-hybridized carbons (Fsp3) is 0.400. The molecule has 2 aromatic rings. The van der Waals surface area contributed by atoms with Gasteiger partial charge in [0.2, 0.25) is 5.91 Å². The fourth-order valence-corrected chi connectivity index (χ4v) is 2.34. The summed E-state index contributed by atoms with van der Waals surface area (Å²) in [5, 5.41) is 0.927. The van der Waals surface area contributed by atoms with Gasteiger partial charge in [0.15, 0.2) is 0 Å². The molecule has 1 amide bonds. The Morgan fingerprint density at radius 3 is 2.10 bits per heavy atom. The van der Waals surface area contributed by atoms with Gasteiger partial charge in [-0.2, -0.15) is 0 Å². The molecule has 0 radical (unpaired) electrons. The Hall–Kier alpha value is -1.49. The Labute approximate surface area is 126 Å². The largest absolute Gasteiger partial charge is 0.467 e. The van der Waals surface area contributed by atoms with Crippen molar-refractivity contribution >= 4 is 21.8 Å². The smallest absolute Gasteiger partial charge is 0.223 e. The van der Waals surface area contributed by atoms with Gasteiger partial charge in [-0.15, -0.1) is 0 Å². The third-order valence-electron chi connectivity index (χ3n) is 2.98. The average Bonchev–Trinajstić information content (AvgIpc) is 3.11. The molecule has 0 saturated carbocycles. The highest BCUT2D eigenvalue weighted by molar-refractivity contribution is 9.09. The number of carbonyl (C=O) groups is 1. The molecule has 0 aliphatic carbocycles. The Morgan fingerprint density at radius 1 is 1.05 bits per heavy atom. The molecule has 0 N–H and O–H groups in total. The monoisotopic (exact) mass is 339 g/mol. The van der Waals surface area contributed by atoms with Crippen LogP contribution in [0.4, 0.5) is 0 Å². The molecule has 0 bridgehead atoms. The first-order valence-electron chi connectivity index (χ1n) is 6.68. The molecule has 0 fully saturated rings. The van der Waals surface area contributed by atoms with Crippen LogP contribution < -0.4 is 0 Å². The van der Waals surface area contributed by atoms with Crippen molar-refractivity contribution in [3.05, 3.63) is 48.3 Å². The fourth-order valence-electron chi connectivity index (χ4n) is 1.94. The van der Waals surface area contributed by atoms with E-state index in [1.165, 1.54) is 0 Å². The molecule has 4 nitrogen and oxygen atoms in total. The summed E-state index contributed by atoms with van der Waals surface area (Å²) in [7, 11) is 0. The van der Waals surface area contributed by atoms with Crippen LogP contribution in [0.3, 0.4) is 0 Å². The summed E-state index contributed by atoms with van der Waals surface area (Å²) in [5.41, 5.74) is 0. The highest BCUT2D eigenvalue weighted by Crippen LogP contribution is 2.13. The minimum absolute atomic E-state index is 0.124. The molecule has 2 heterocycles. The molecule has 2 rings (SSSR count). The number of alkyl halides is 1. The van der Waals surface area contributed by atoms with Gasteiger partial charge in [0.05, 0.1) is 25.6 Å². The van der Waals surface area contributed by atoms with E-state index in [0.717, 1.165) is 29.7 Å². The van der Waals surface area contributed by atoms with Crippen LogP contribution in [0.5, 0.6) is 0 Å². The molecule has 20 heavy (non-hydrogen) atoms. The molecular weight excluding hydrogens is 322 g/mol. The number of furan rings is 2. The van der Waals surface area contributed by atoms with Crippen LogP contribution in [-0.2, 0) is 17.9 Å². The van der Waals surface area contributed by atoms with E-state index in [1.807, 2.05) is 24.3 Å². The maximum atomic E-state index is 12.3. The van der Waals surface area contributed by atoms with Crippen molar-refractivity contribution < 1.29 is 13.6 Å². The number of carbonyl (C=O) groups excluding carboxylic acids is 1. The molecule has 0 spiro atoms. The molecule has 2 aromatic heterocycles. The van der Waals surface area contributed by atoms with Crippen LogP contribution in [-0.4, -0.2) is 16.1 Å². The maximum absolute atomic E-state index is 12.3. The maximum Gasteiger partial charge on any atom is 0.223 e. The second kappa shape index (κ2) is 7.94. The topological polar surface area (TPSA) is 46.6 Å². The van der Waals surface area contributed by atoms with E-state index in [4.69, 9.17) is 8.83 Å². The van der Waals surface area contributed by atoms with Crippen molar-refractivity contribution in [3.8, 4) is 0 Å². The summed E-state index contributed by atoms with van der Waals surface area (Å²) >= 11 is 3.38.